The molecular weight excluding hydrogens is 254 g/mol. The van der Waals surface area contributed by atoms with Crippen LogP contribution in [0.4, 0.5) is 0 Å². The summed E-state index contributed by atoms with van der Waals surface area (Å²) in [5.74, 6) is -0.924. The van der Waals surface area contributed by atoms with E-state index in [0.29, 0.717) is 12.8 Å². The van der Waals surface area contributed by atoms with Crippen LogP contribution in [0.5, 0.6) is 0 Å². The van der Waals surface area contributed by atoms with E-state index in [4.69, 9.17) is 0 Å². The summed E-state index contributed by atoms with van der Waals surface area (Å²) in [6.07, 6.45) is 3.62. The Bertz CT molecular complexity index is 380. The van der Waals surface area contributed by atoms with Crippen molar-refractivity contribution in [2.75, 3.05) is 7.11 Å². The second-order valence-corrected chi connectivity index (χ2v) is 6.88. The van der Waals surface area contributed by atoms with E-state index in [1.807, 2.05) is 13.8 Å². The molecule has 0 aliphatic heterocycles. The maximum atomic E-state index is 12.2. The molecule has 0 spiro atoms. The number of hydrogen-bond acceptors (Lipinski definition) is 4. The number of nitrogens with one attached hydrogen (secondary N) is 1. The van der Waals surface area contributed by atoms with E-state index in [2.05, 4.69) is 9.46 Å². The predicted octanol–water partition coefficient (Wildman–Crippen LogP) is 1.44. The molecule has 0 amide bonds. The van der Waals surface area contributed by atoms with Crippen molar-refractivity contribution in [3.8, 4) is 0 Å². The molecule has 0 heterocycles. The number of methoxy groups -OCH3 is 1. The van der Waals surface area contributed by atoms with Crippen LogP contribution in [0.3, 0.4) is 0 Å². The number of carbonyl (C=O) groups excluding carboxylic acids is 1. The van der Waals surface area contributed by atoms with Crippen molar-refractivity contribution in [2.45, 2.75) is 57.2 Å². The summed E-state index contributed by atoms with van der Waals surface area (Å²) in [6.45, 7) is 3.86. The molecule has 1 rings (SSSR count). The minimum Gasteiger partial charge on any atom is -0.469 e. The lowest BCUT2D eigenvalue weighted by Gasteiger charge is -2.21. The normalized spacial score (nSPS) is 25.9. The van der Waals surface area contributed by atoms with E-state index in [0.717, 1.165) is 19.3 Å². The Hall–Kier alpha value is -0.620. The van der Waals surface area contributed by atoms with Crippen molar-refractivity contribution in [3.05, 3.63) is 0 Å². The topological polar surface area (TPSA) is 72.5 Å². The van der Waals surface area contributed by atoms with Crippen LogP contribution >= 0.6 is 0 Å². The van der Waals surface area contributed by atoms with E-state index in [1.54, 1.807) is 0 Å². The van der Waals surface area contributed by atoms with Crippen molar-refractivity contribution in [2.24, 2.45) is 5.92 Å². The number of rotatable bonds is 6. The monoisotopic (exact) mass is 277 g/mol. The molecule has 106 valence electrons. The molecule has 0 radical (unpaired) electrons. The molecule has 0 saturated heterocycles. The Morgan fingerprint density at radius 3 is 2.67 bits per heavy atom. The van der Waals surface area contributed by atoms with Gasteiger partial charge in [-0.15, -0.1) is 0 Å². The van der Waals surface area contributed by atoms with Gasteiger partial charge in [0.05, 0.1) is 18.3 Å². The highest BCUT2D eigenvalue weighted by atomic mass is 32.2. The Morgan fingerprint density at radius 1 is 1.44 bits per heavy atom. The molecular formula is C12H23NO4S. The number of hydrogen-bond donors (Lipinski definition) is 1. The highest BCUT2D eigenvalue weighted by Gasteiger charge is 2.42. The van der Waals surface area contributed by atoms with Gasteiger partial charge < -0.3 is 4.74 Å². The number of sulfonamides is 1. The fourth-order valence-electron chi connectivity index (χ4n) is 2.58. The van der Waals surface area contributed by atoms with Gasteiger partial charge in [0, 0.05) is 6.04 Å². The van der Waals surface area contributed by atoms with E-state index in [9.17, 15) is 13.2 Å². The minimum atomic E-state index is -3.44. The third-order valence-corrected chi connectivity index (χ3v) is 5.53. The molecule has 0 aromatic heterocycles. The second-order valence-electron chi connectivity index (χ2n) is 4.95. The molecule has 18 heavy (non-hydrogen) atoms. The Labute approximate surface area is 109 Å². The first-order valence-electron chi connectivity index (χ1n) is 6.51. The van der Waals surface area contributed by atoms with Crippen LogP contribution in [0.2, 0.25) is 0 Å². The summed E-state index contributed by atoms with van der Waals surface area (Å²) in [5.41, 5.74) is 0. The summed E-state index contributed by atoms with van der Waals surface area (Å²) in [4.78, 5) is 11.6. The quantitative estimate of drug-likeness (QED) is 0.746. The molecule has 6 heteroatoms. The molecule has 1 saturated carbocycles. The van der Waals surface area contributed by atoms with Crippen LogP contribution in [0.1, 0.15) is 46.0 Å². The molecule has 0 bridgehead atoms. The second kappa shape index (κ2) is 6.52. The SMILES string of the molecule is CCCC(C)NS(=O)(=O)C1CCCC1C(=O)OC. The fraction of sp³-hybridized carbons (Fsp3) is 0.917. The lowest BCUT2D eigenvalue weighted by molar-refractivity contribution is -0.145. The summed E-state index contributed by atoms with van der Waals surface area (Å²) >= 11 is 0. The van der Waals surface area contributed by atoms with E-state index in [1.165, 1.54) is 7.11 Å². The van der Waals surface area contributed by atoms with Gasteiger partial charge in [-0.2, -0.15) is 0 Å². The zero-order valence-electron chi connectivity index (χ0n) is 11.3. The van der Waals surface area contributed by atoms with E-state index < -0.39 is 27.2 Å². The zero-order chi connectivity index (χ0) is 13.8. The third kappa shape index (κ3) is 3.68. The average molecular weight is 277 g/mol. The number of carbonyl (C=O) groups is 1. The van der Waals surface area contributed by atoms with Crippen molar-refractivity contribution in [1.29, 1.82) is 0 Å². The lowest BCUT2D eigenvalue weighted by Crippen LogP contribution is -2.43. The molecule has 1 aliphatic rings. The van der Waals surface area contributed by atoms with Gasteiger partial charge in [-0.25, -0.2) is 13.1 Å². The zero-order valence-corrected chi connectivity index (χ0v) is 12.1. The molecule has 3 atom stereocenters. The van der Waals surface area contributed by atoms with Gasteiger partial charge in [-0.05, 0) is 26.2 Å². The Balaban J connectivity index is 2.74. The minimum absolute atomic E-state index is 0.0844. The largest absolute Gasteiger partial charge is 0.469 e. The first-order chi connectivity index (χ1) is 8.42. The van der Waals surface area contributed by atoms with Gasteiger partial charge >= 0.3 is 5.97 Å². The highest BCUT2D eigenvalue weighted by molar-refractivity contribution is 7.90. The number of esters is 1. The van der Waals surface area contributed by atoms with Gasteiger partial charge in [0.25, 0.3) is 0 Å². The van der Waals surface area contributed by atoms with Gasteiger partial charge in [-0.3, -0.25) is 4.79 Å². The van der Waals surface area contributed by atoms with Crippen LogP contribution in [-0.2, 0) is 19.6 Å². The van der Waals surface area contributed by atoms with Crippen LogP contribution < -0.4 is 4.72 Å². The van der Waals surface area contributed by atoms with Gasteiger partial charge in [-0.1, -0.05) is 19.8 Å². The maximum Gasteiger partial charge on any atom is 0.310 e. The number of ether oxygens (including phenoxy) is 1. The molecule has 0 aromatic carbocycles. The van der Waals surface area contributed by atoms with Gasteiger partial charge in [0.1, 0.15) is 0 Å². The summed E-state index contributed by atoms with van der Waals surface area (Å²) in [6, 6.07) is -0.0844. The Morgan fingerprint density at radius 2 is 2.11 bits per heavy atom. The van der Waals surface area contributed by atoms with Crippen molar-refractivity contribution >= 4 is 16.0 Å². The van der Waals surface area contributed by atoms with Crippen molar-refractivity contribution in [1.82, 2.24) is 4.72 Å². The smallest absolute Gasteiger partial charge is 0.310 e. The van der Waals surface area contributed by atoms with Crippen LogP contribution in [-0.4, -0.2) is 32.8 Å². The molecule has 5 nitrogen and oxygen atoms in total. The predicted molar refractivity (Wildman–Crippen MR) is 69.6 cm³/mol. The average Bonchev–Trinajstić information content (AvgIpc) is 2.77. The van der Waals surface area contributed by atoms with Crippen LogP contribution in [0.15, 0.2) is 0 Å². The summed E-state index contributed by atoms with van der Waals surface area (Å²) in [7, 11) is -2.13. The lowest BCUT2D eigenvalue weighted by atomic mass is 10.1. The van der Waals surface area contributed by atoms with Crippen molar-refractivity contribution in [3.63, 3.8) is 0 Å². The molecule has 0 aromatic rings. The maximum absolute atomic E-state index is 12.2. The first-order valence-corrected chi connectivity index (χ1v) is 8.06. The third-order valence-electron chi connectivity index (χ3n) is 3.44. The molecule has 1 fully saturated rings. The van der Waals surface area contributed by atoms with Gasteiger partial charge in [0.15, 0.2) is 0 Å². The van der Waals surface area contributed by atoms with Gasteiger partial charge in [0.2, 0.25) is 10.0 Å². The van der Waals surface area contributed by atoms with E-state index >= 15 is 0 Å². The van der Waals surface area contributed by atoms with Crippen molar-refractivity contribution < 1.29 is 17.9 Å². The molecule has 1 aliphatic carbocycles. The van der Waals surface area contributed by atoms with Crippen LogP contribution in [0.25, 0.3) is 0 Å². The summed E-state index contributed by atoms with van der Waals surface area (Å²) < 4.78 is 31.8. The molecule has 3 unspecified atom stereocenters. The standard InChI is InChI=1S/C12H23NO4S/c1-4-6-9(2)13-18(15,16)11-8-5-7-10(11)12(14)17-3/h9-11,13H,4-8H2,1-3H3. The fourth-order valence-corrected chi connectivity index (χ4v) is 4.59. The molecule has 1 N–H and O–H groups in total. The Kier molecular flexibility index (Phi) is 5.59. The summed E-state index contributed by atoms with van der Waals surface area (Å²) in [5, 5.41) is -0.635. The van der Waals surface area contributed by atoms with E-state index in [-0.39, 0.29) is 6.04 Å². The first kappa shape index (κ1) is 15.4. The van der Waals surface area contributed by atoms with Crippen LogP contribution in [0, 0.1) is 5.92 Å². The highest BCUT2D eigenvalue weighted by Crippen LogP contribution is 2.31.